The van der Waals surface area contributed by atoms with Crippen molar-refractivity contribution in [2.24, 2.45) is 0 Å². The molecular weight excluding hydrogens is 172 g/mol. The van der Waals surface area contributed by atoms with Crippen molar-refractivity contribution in [1.82, 2.24) is 0 Å². The molecule has 0 aromatic heterocycles. The van der Waals surface area contributed by atoms with Crippen LogP contribution in [0.4, 0.5) is 0 Å². The van der Waals surface area contributed by atoms with Crippen LogP contribution in [-0.4, -0.2) is 36.2 Å². The molecule has 0 fully saturated rings. The molecule has 1 atom stereocenters. The van der Waals surface area contributed by atoms with E-state index in [0.717, 1.165) is 32.7 Å². The quantitative estimate of drug-likeness (QED) is 0.429. The van der Waals surface area contributed by atoms with Crippen molar-refractivity contribution < 1.29 is 13.6 Å². The molecule has 3 nitrogen and oxygen atoms in total. The van der Waals surface area contributed by atoms with Gasteiger partial charge in [0.25, 0.3) is 0 Å². The molecule has 1 unspecified atom stereocenters. The molecule has 0 aromatic rings. The van der Waals surface area contributed by atoms with E-state index in [0.29, 0.717) is 0 Å². The van der Waals surface area contributed by atoms with Crippen LogP contribution < -0.4 is 0 Å². The molecule has 0 radical (unpaired) electrons. The van der Waals surface area contributed by atoms with Gasteiger partial charge < -0.3 is 13.6 Å². The van der Waals surface area contributed by atoms with Crippen molar-refractivity contribution in [3.8, 4) is 0 Å². The van der Waals surface area contributed by atoms with Crippen LogP contribution in [0.25, 0.3) is 0 Å². The summed E-state index contributed by atoms with van der Waals surface area (Å²) in [5.74, 6) is 0. The van der Waals surface area contributed by atoms with Gasteiger partial charge in [0.2, 0.25) is 0 Å². The van der Waals surface area contributed by atoms with E-state index in [-0.39, 0.29) is 0 Å². The fraction of sp³-hybridized carbons (Fsp3) is 1.00. The minimum absolute atomic E-state index is 0.810. The summed E-state index contributed by atoms with van der Waals surface area (Å²) in [7, 11) is 0.424. The Morgan fingerprint density at radius 3 is 2.42 bits per heavy atom. The first-order chi connectivity index (χ1) is 5.81. The Morgan fingerprint density at radius 2 is 1.83 bits per heavy atom. The number of hydrogen-bond acceptors (Lipinski definition) is 3. The minimum atomic E-state index is -1.28. The highest BCUT2D eigenvalue weighted by Gasteiger charge is 2.00. The van der Waals surface area contributed by atoms with Crippen LogP contribution in [0.15, 0.2) is 0 Å². The maximum absolute atomic E-state index is 5.43. The lowest BCUT2D eigenvalue weighted by atomic mass is 10.3. The summed E-state index contributed by atoms with van der Waals surface area (Å²) < 4.78 is 15.7. The Balaban J connectivity index is 2.90. The van der Waals surface area contributed by atoms with Crippen LogP contribution in [0, 0.1) is 0 Å². The highest BCUT2D eigenvalue weighted by molar-refractivity contribution is 6.42. The Kier molecular flexibility index (Phi) is 9.26. The number of hydrogen-bond donors (Lipinski definition) is 0. The summed E-state index contributed by atoms with van der Waals surface area (Å²) in [5.41, 5.74) is 0. The molecular formula is C8H20O3Si. The van der Waals surface area contributed by atoms with Crippen molar-refractivity contribution in [3.05, 3.63) is 0 Å². The molecule has 4 heteroatoms. The molecule has 0 aliphatic rings. The second kappa shape index (κ2) is 9.19. The van der Waals surface area contributed by atoms with E-state index in [9.17, 15) is 0 Å². The van der Waals surface area contributed by atoms with Crippen molar-refractivity contribution in [1.29, 1.82) is 0 Å². The average molecular weight is 192 g/mol. The van der Waals surface area contributed by atoms with Crippen LogP contribution >= 0.6 is 0 Å². The predicted molar refractivity (Wildman–Crippen MR) is 51.7 cm³/mol. The number of unbranched alkanes of at least 4 members (excludes halogenated alkanes) is 1. The molecule has 74 valence electrons. The highest BCUT2D eigenvalue weighted by Crippen LogP contribution is 1.93. The highest BCUT2D eigenvalue weighted by atomic mass is 28.3. The summed E-state index contributed by atoms with van der Waals surface area (Å²) in [6.07, 6.45) is 2.15. The first-order valence-corrected chi connectivity index (χ1v) is 6.63. The molecule has 0 aliphatic carbocycles. The zero-order valence-electron chi connectivity index (χ0n) is 8.34. The standard InChI is InChI=1S/C8H20O3Si/c1-4-10-7-5-6-8-11-12(3)9-2/h12H,4-8H2,1-3H3. The summed E-state index contributed by atoms with van der Waals surface area (Å²) in [5, 5.41) is 0. The Labute approximate surface area is 76.9 Å². The van der Waals surface area contributed by atoms with Crippen molar-refractivity contribution in [2.45, 2.75) is 26.3 Å². The summed E-state index contributed by atoms with van der Waals surface area (Å²) in [4.78, 5) is 0. The van der Waals surface area contributed by atoms with Gasteiger partial charge in [0.1, 0.15) is 0 Å². The molecule has 0 spiro atoms. The maximum atomic E-state index is 5.43. The van der Waals surface area contributed by atoms with Crippen LogP contribution in [0.1, 0.15) is 19.8 Å². The molecule has 0 aliphatic heterocycles. The van der Waals surface area contributed by atoms with Gasteiger partial charge in [-0.05, 0) is 26.3 Å². The van der Waals surface area contributed by atoms with Gasteiger partial charge in [-0.15, -0.1) is 0 Å². The molecule has 0 rings (SSSR count). The molecule has 0 heterocycles. The molecule has 0 saturated heterocycles. The molecule has 12 heavy (non-hydrogen) atoms. The van der Waals surface area contributed by atoms with E-state index in [4.69, 9.17) is 13.6 Å². The lowest BCUT2D eigenvalue weighted by molar-refractivity contribution is 0.136. The van der Waals surface area contributed by atoms with E-state index in [1.54, 1.807) is 7.11 Å². The van der Waals surface area contributed by atoms with Gasteiger partial charge in [-0.3, -0.25) is 0 Å². The molecule has 0 aromatic carbocycles. The van der Waals surface area contributed by atoms with E-state index in [1.165, 1.54) is 0 Å². The van der Waals surface area contributed by atoms with Gasteiger partial charge in [-0.25, -0.2) is 0 Å². The van der Waals surface area contributed by atoms with Gasteiger partial charge in [0.05, 0.1) is 0 Å². The topological polar surface area (TPSA) is 27.7 Å². The monoisotopic (exact) mass is 192 g/mol. The Hall–Kier alpha value is 0.0969. The maximum Gasteiger partial charge on any atom is 0.317 e. The zero-order valence-corrected chi connectivity index (χ0v) is 9.49. The SMILES string of the molecule is CCOCCCCO[SiH](C)OC. The van der Waals surface area contributed by atoms with Gasteiger partial charge >= 0.3 is 9.28 Å². The van der Waals surface area contributed by atoms with E-state index >= 15 is 0 Å². The van der Waals surface area contributed by atoms with Crippen LogP contribution in [-0.2, 0) is 13.6 Å². The normalized spacial score (nSPS) is 13.2. The second-order valence-electron chi connectivity index (χ2n) is 2.58. The third-order valence-corrected chi connectivity index (χ3v) is 2.94. The van der Waals surface area contributed by atoms with Gasteiger partial charge in [-0.2, -0.15) is 0 Å². The molecule has 0 amide bonds. The van der Waals surface area contributed by atoms with Crippen molar-refractivity contribution in [2.75, 3.05) is 26.9 Å². The largest absolute Gasteiger partial charge is 0.400 e. The van der Waals surface area contributed by atoms with E-state index in [1.807, 2.05) is 13.5 Å². The van der Waals surface area contributed by atoms with Crippen LogP contribution in [0.3, 0.4) is 0 Å². The minimum Gasteiger partial charge on any atom is -0.400 e. The van der Waals surface area contributed by atoms with Gasteiger partial charge in [0.15, 0.2) is 0 Å². The third kappa shape index (κ3) is 8.20. The lowest BCUT2D eigenvalue weighted by Crippen LogP contribution is -2.16. The number of ether oxygens (including phenoxy) is 1. The fourth-order valence-electron chi connectivity index (χ4n) is 0.768. The predicted octanol–water partition coefficient (Wildman–Crippen LogP) is 1.32. The number of rotatable bonds is 8. The van der Waals surface area contributed by atoms with E-state index in [2.05, 4.69) is 0 Å². The van der Waals surface area contributed by atoms with Crippen LogP contribution in [0.2, 0.25) is 6.55 Å². The molecule has 0 N–H and O–H groups in total. The van der Waals surface area contributed by atoms with Crippen molar-refractivity contribution in [3.63, 3.8) is 0 Å². The van der Waals surface area contributed by atoms with Crippen molar-refractivity contribution >= 4 is 9.28 Å². The second-order valence-corrected chi connectivity index (χ2v) is 4.52. The zero-order chi connectivity index (χ0) is 9.23. The average Bonchev–Trinajstić information content (AvgIpc) is 2.10. The van der Waals surface area contributed by atoms with Gasteiger partial charge in [0, 0.05) is 26.9 Å². The molecule has 0 saturated carbocycles. The summed E-state index contributed by atoms with van der Waals surface area (Å²) in [6.45, 7) is 6.51. The third-order valence-electron chi connectivity index (χ3n) is 1.57. The molecule has 0 bridgehead atoms. The smallest absolute Gasteiger partial charge is 0.317 e. The van der Waals surface area contributed by atoms with Crippen LogP contribution in [0.5, 0.6) is 0 Å². The first kappa shape index (κ1) is 12.1. The lowest BCUT2D eigenvalue weighted by Gasteiger charge is -2.08. The fourth-order valence-corrected chi connectivity index (χ4v) is 1.40. The summed E-state index contributed by atoms with van der Waals surface area (Å²) >= 11 is 0. The first-order valence-electron chi connectivity index (χ1n) is 4.53. The van der Waals surface area contributed by atoms with E-state index < -0.39 is 9.28 Å². The Bertz CT molecular complexity index is 90.4. The van der Waals surface area contributed by atoms with Gasteiger partial charge in [-0.1, -0.05) is 0 Å². The summed E-state index contributed by atoms with van der Waals surface area (Å²) in [6, 6.07) is 0. The Morgan fingerprint density at radius 1 is 1.17 bits per heavy atom.